The highest BCUT2D eigenvalue weighted by Crippen LogP contribution is 2.39. The average Bonchev–Trinajstić information content (AvgIpc) is 2.88. The molecular weight excluding hydrogens is 466 g/mol. The third kappa shape index (κ3) is 4.40. The van der Waals surface area contributed by atoms with Gasteiger partial charge in [-0.05, 0) is 37.5 Å². The molecule has 0 radical (unpaired) electrons. The van der Waals surface area contributed by atoms with Gasteiger partial charge < -0.3 is 24.0 Å². The van der Waals surface area contributed by atoms with E-state index in [0.29, 0.717) is 51.5 Å². The summed E-state index contributed by atoms with van der Waals surface area (Å²) in [5, 5.41) is 12.0. The summed E-state index contributed by atoms with van der Waals surface area (Å²) in [6.45, 7) is 5.19. The molecule has 0 N–H and O–H groups in total. The van der Waals surface area contributed by atoms with Crippen molar-refractivity contribution in [3.05, 3.63) is 68.1 Å². The van der Waals surface area contributed by atoms with Gasteiger partial charge >= 0.3 is 6.09 Å². The molecule has 0 saturated carbocycles. The number of amides is 2. The van der Waals surface area contributed by atoms with Crippen LogP contribution in [0.3, 0.4) is 0 Å². The van der Waals surface area contributed by atoms with Gasteiger partial charge in [-0.25, -0.2) is 4.79 Å². The molecule has 0 aliphatic carbocycles. The first-order chi connectivity index (χ1) is 17.4. The highest BCUT2D eigenvalue weighted by Gasteiger charge is 2.37. The maximum atomic E-state index is 13.1. The van der Waals surface area contributed by atoms with Gasteiger partial charge in [-0.3, -0.25) is 19.7 Å². The SMILES string of the molecule is CCOC(=O)N1CCN(C(=O)c2ccc(N3C[C@H]4C[C@@H](C3)c3cccc(=O)n3C4)c([N+](=O)[O-])c2)CC1. The Balaban J connectivity index is 1.34. The Morgan fingerprint density at radius 3 is 2.53 bits per heavy atom. The number of benzene rings is 1. The van der Waals surface area contributed by atoms with Crippen molar-refractivity contribution in [2.45, 2.75) is 25.8 Å². The molecule has 2 atom stereocenters. The van der Waals surface area contributed by atoms with Gasteiger partial charge in [-0.15, -0.1) is 0 Å². The van der Waals surface area contributed by atoms with Crippen LogP contribution < -0.4 is 10.5 Å². The van der Waals surface area contributed by atoms with E-state index in [0.717, 1.165) is 12.1 Å². The van der Waals surface area contributed by atoms with Gasteiger partial charge in [0.2, 0.25) is 0 Å². The second-order valence-electron chi connectivity index (χ2n) is 9.54. The van der Waals surface area contributed by atoms with Gasteiger partial charge in [0, 0.05) is 75.1 Å². The maximum Gasteiger partial charge on any atom is 0.409 e. The Morgan fingerprint density at radius 2 is 1.81 bits per heavy atom. The molecule has 11 nitrogen and oxygen atoms in total. The molecule has 2 saturated heterocycles. The van der Waals surface area contributed by atoms with Crippen LogP contribution in [0.4, 0.5) is 16.2 Å². The fraction of sp³-hybridized carbons (Fsp3) is 0.480. The second-order valence-corrected chi connectivity index (χ2v) is 9.54. The highest BCUT2D eigenvalue weighted by atomic mass is 16.6. The summed E-state index contributed by atoms with van der Waals surface area (Å²) < 4.78 is 6.84. The summed E-state index contributed by atoms with van der Waals surface area (Å²) in [5.74, 6) is 0.0351. The van der Waals surface area contributed by atoms with Crippen LogP contribution in [0, 0.1) is 16.0 Å². The Bertz CT molecular complexity index is 1250. The van der Waals surface area contributed by atoms with Crippen molar-refractivity contribution < 1.29 is 19.2 Å². The Morgan fingerprint density at radius 1 is 1.06 bits per heavy atom. The van der Waals surface area contributed by atoms with Gasteiger partial charge in [0.05, 0.1) is 11.5 Å². The fourth-order valence-corrected chi connectivity index (χ4v) is 5.65. The number of ether oxygens (including phenoxy) is 1. The van der Waals surface area contributed by atoms with Crippen molar-refractivity contribution in [1.82, 2.24) is 14.4 Å². The zero-order valence-corrected chi connectivity index (χ0v) is 20.2. The number of nitro groups is 1. The zero-order valence-electron chi connectivity index (χ0n) is 20.2. The first kappa shape index (κ1) is 23.8. The molecule has 2 bridgehead atoms. The lowest BCUT2D eigenvalue weighted by Crippen LogP contribution is -2.50. The number of anilines is 1. The fourth-order valence-electron chi connectivity index (χ4n) is 5.65. The molecule has 0 spiro atoms. The largest absolute Gasteiger partial charge is 0.450 e. The van der Waals surface area contributed by atoms with E-state index in [1.807, 2.05) is 15.5 Å². The van der Waals surface area contributed by atoms with Crippen molar-refractivity contribution in [1.29, 1.82) is 0 Å². The van der Waals surface area contributed by atoms with E-state index in [4.69, 9.17) is 4.74 Å². The van der Waals surface area contributed by atoms with Crippen LogP contribution >= 0.6 is 0 Å². The van der Waals surface area contributed by atoms with Gasteiger partial charge in [-0.1, -0.05) is 6.07 Å². The van der Waals surface area contributed by atoms with E-state index in [1.54, 1.807) is 41.0 Å². The molecule has 2 amide bonds. The number of aromatic nitrogens is 1. The lowest BCUT2D eigenvalue weighted by atomic mass is 9.83. The minimum Gasteiger partial charge on any atom is -0.450 e. The lowest BCUT2D eigenvalue weighted by Gasteiger charge is -2.43. The molecule has 4 heterocycles. The van der Waals surface area contributed by atoms with Crippen molar-refractivity contribution in [3.63, 3.8) is 0 Å². The van der Waals surface area contributed by atoms with Crippen molar-refractivity contribution in [3.8, 4) is 0 Å². The molecule has 2 aromatic rings. The summed E-state index contributed by atoms with van der Waals surface area (Å²) in [6, 6.07) is 9.97. The summed E-state index contributed by atoms with van der Waals surface area (Å²) in [6.07, 6.45) is 0.547. The third-order valence-corrected chi connectivity index (χ3v) is 7.33. The van der Waals surface area contributed by atoms with Crippen LogP contribution in [0.25, 0.3) is 0 Å². The predicted octanol–water partition coefficient (Wildman–Crippen LogP) is 2.29. The number of hydrogen-bond donors (Lipinski definition) is 0. The first-order valence-electron chi connectivity index (χ1n) is 12.3. The van der Waals surface area contributed by atoms with Crippen LogP contribution in [0.2, 0.25) is 0 Å². The number of nitrogens with zero attached hydrogens (tertiary/aromatic N) is 5. The monoisotopic (exact) mass is 495 g/mol. The molecule has 1 aromatic heterocycles. The minimum atomic E-state index is -0.437. The molecule has 36 heavy (non-hydrogen) atoms. The van der Waals surface area contributed by atoms with E-state index < -0.39 is 11.0 Å². The Kier molecular flexibility index (Phi) is 6.38. The standard InChI is InChI=1S/C25H29N5O6/c1-2-36-25(33)27-10-8-26(9-11-27)24(32)18-6-7-21(22(13-18)30(34)35)28-14-17-12-19(16-28)20-4-3-5-23(31)29(20)15-17/h3-7,13,17,19H,2,8-12,14-16H2,1H3/t17-,19+/m1/s1. The molecule has 11 heteroatoms. The Labute approximate surface area is 208 Å². The number of pyridine rings is 1. The van der Waals surface area contributed by atoms with Crippen molar-refractivity contribution in [2.24, 2.45) is 5.92 Å². The van der Waals surface area contributed by atoms with Gasteiger partial charge in [-0.2, -0.15) is 0 Å². The normalized spacial score (nSPS) is 21.1. The minimum absolute atomic E-state index is 0.00687. The molecule has 5 rings (SSSR count). The molecule has 190 valence electrons. The number of fused-ring (bicyclic) bond motifs is 4. The molecule has 2 fully saturated rings. The van der Waals surface area contributed by atoms with E-state index in [2.05, 4.69) is 0 Å². The summed E-state index contributed by atoms with van der Waals surface area (Å²) in [5.41, 5.74) is 1.61. The highest BCUT2D eigenvalue weighted by molar-refractivity contribution is 5.96. The number of hydrogen-bond acceptors (Lipinski definition) is 7. The Hall–Kier alpha value is -3.89. The first-order valence-corrected chi connectivity index (χ1v) is 12.3. The summed E-state index contributed by atoms with van der Waals surface area (Å²) >= 11 is 0. The zero-order chi connectivity index (χ0) is 25.4. The van der Waals surface area contributed by atoms with E-state index >= 15 is 0 Å². The second kappa shape index (κ2) is 9.63. The van der Waals surface area contributed by atoms with Gasteiger partial charge in [0.15, 0.2) is 0 Å². The van der Waals surface area contributed by atoms with Crippen molar-refractivity contribution >= 4 is 23.4 Å². The number of carbonyl (C=O) groups is 2. The van der Waals surface area contributed by atoms with Crippen LogP contribution in [0.5, 0.6) is 0 Å². The summed E-state index contributed by atoms with van der Waals surface area (Å²) in [7, 11) is 0. The topological polar surface area (TPSA) is 118 Å². The van der Waals surface area contributed by atoms with Gasteiger partial charge in [0.25, 0.3) is 17.2 Å². The lowest BCUT2D eigenvalue weighted by molar-refractivity contribution is -0.384. The van der Waals surface area contributed by atoms with Crippen LogP contribution in [0.15, 0.2) is 41.2 Å². The quantitative estimate of drug-likeness (QED) is 0.472. The molecule has 3 aliphatic rings. The molecule has 0 unspecified atom stereocenters. The van der Waals surface area contributed by atoms with Gasteiger partial charge in [0.1, 0.15) is 5.69 Å². The van der Waals surface area contributed by atoms with E-state index in [1.165, 1.54) is 6.07 Å². The number of rotatable bonds is 4. The average molecular weight is 496 g/mol. The number of piperidine rings is 1. The van der Waals surface area contributed by atoms with Crippen LogP contribution in [-0.2, 0) is 11.3 Å². The molecule has 1 aromatic carbocycles. The molecular formula is C25H29N5O6. The predicted molar refractivity (Wildman–Crippen MR) is 131 cm³/mol. The van der Waals surface area contributed by atoms with E-state index in [9.17, 15) is 24.5 Å². The van der Waals surface area contributed by atoms with Crippen LogP contribution in [0.1, 0.15) is 35.3 Å². The number of piperazine rings is 1. The smallest absolute Gasteiger partial charge is 0.409 e. The number of nitro benzene ring substituents is 1. The number of carbonyl (C=O) groups excluding carboxylic acids is 2. The van der Waals surface area contributed by atoms with Crippen molar-refractivity contribution in [2.75, 3.05) is 50.8 Å². The third-order valence-electron chi connectivity index (χ3n) is 7.33. The maximum absolute atomic E-state index is 13.1. The molecule has 3 aliphatic heterocycles. The van der Waals surface area contributed by atoms with E-state index in [-0.39, 0.29) is 41.2 Å². The van der Waals surface area contributed by atoms with Crippen LogP contribution in [-0.4, -0.2) is 77.2 Å². The summed E-state index contributed by atoms with van der Waals surface area (Å²) in [4.78, 5) is 54.1.